The highest BCUT2D eigenvalue weighted by Crippen LogP contribution is 2.58. The van der Waals surface area contributed by atoms with Crippen LogP contribution < -0.4 is 5.32 Å². The second kappa shape index (κ2) is 4.43. The molecule has 0 bridgehead atoms. The van der Waals surface area contributed by atoms with Crippen molar-refractivity contribution < 1.29 is 14.7 Å². The van der Waals surface area contributed by atoms with Gasteiger partial charge < -0.3 is 10.4 Å². The van der Waals surface area contributed by atoms with Gasteiger partial charge in [0.15, 0.2) is 0 Å². The van der Waals surface area contributed by atoms with Crippen LogP contribution >= 0.6 is 0 Å². The van der Waals surface area contributed by atoms with Crippen molar-refractivity contribution in [2.45, 2.75) is 13.8 Å². The average molecular weight is 257 g/mol. The molecular formula is C15H15NO3. The van der Waals surface area contributed by atoms with E-state index in [-0.39, 0.29) is 5.91 Å². The Kier molecular flexibility index (Phi) is 3.07. The number of carbonyl (C=O) groups excluding carboxylic acids is 1. The maximum Gasteiger partial charge on any atom is 0.307 e. The zero-order valence-electron chi connectivity index (χ0n) is 10.8. The molecule has 0 heterocycles. The van der Waals surface area contributed by atoms with E-state index in [0.717, 1.165) is 0 Å². The smallest absolute Gasteiger partial charge is 0.307 e. The number of carboxylic acids is 1. The van der Waals surface area contributed by atoms with Gasteiger partial charge in [-0.2, -0.15) is 0 Å². The van der Waals surface area contributed by atoms with Gasteiger partial charge in [0, 0.05) is 11.3 Å². The number of carboxylic acid groups (broad SMARTS) is 1. The third-order valence-corrected chi connectivity index (χ3v) is 3.67. The van der Waals surface area contributed by atoms with Crippen molar-refractivity contribution in [3.63, 3.8) is 0 Å². The number of anilines is 1. The van der Waals surface area contributed by atoms with Crippen molar-refractivity contribution in [1.82, 2.24) is 0 Å². The van der Waals surface area contributed by atoms with Crippen molar-refractivity contribution >= 4 is 17.6 Å². The van der Waals surface area contributed by atoms with Crippen molar-refractivity contribution in [3.05, 3.63) is 29.8 Å². The van der Waals surface area contributed by atoms with Crippen LogP contribution in [0.15, 0.2) is 24.3 Å². The highest BCUT2D eigenvalue weighted by Gasteiger charge is 2.65. The molecule has 1 aromatic rings. The first-order valence-corrected chi connectivity index (χ1v) is 5.98. The highest BCUT2D eigenvalue weighted by molar-refractivity contribution is 5.99. The molecule has 2 N–H and O–H groups in total. The fourth-order valence-corrected chi connectivity index (χ4v) is 2.49. The third kappa shape index (κ3) is 2.32. The number of hydrogen-bond donors (Lipinski definition) is 2. The van der Waals surface area contributed by atoms with E-state index in [9.17, 15) is 9.59 Å². The molecule has 1 saturated carbocycles. The van der Waals surface area contributed by atoms with E-state index in [1.54, 1.807) is 38.1 Å². The summed E-state index contributed by atoms with van der Waals surface area (Å²) in [6, 6.07) is 6.92. The lowest BCUT2D eigenvalue weighted by Crippen LogP contribution is -2.17. The summed E-state index contributed by atoms with van der Waals surface area (Å²) in [5, 5.41) is 11.8. The summed E-state index contributed by atoms with van der Waals surface area (Å²) in [4.78, 5) is 23.1. The molecule has 0 saturated heterocycles. The van der Waals surface area contributed by atoms with Crippen LogP contribution in [0.4, 0.5) is 5.69 Å². The fraction of sp³-hybridized carbons (Fsp3) is 0.333. The number of amides is 1. The minimum absolute atomic E-state index is 0.272. The van der Waals surface area contributed by atoms with E-state index in [4.69, 9.17) is 11.5 Å². The van der Waals surface area contributed by atoms with E-state index in [1.165, 1.54) is 0 Å². The first kappa shape index (κ1) is 13.2. The lowest BCUT2D eigenvalue weighted by Gasteiger charge is -2.06. The Morgan fingerprint density at radius 3 is 2.58 bits per heavy atom. The first-order chi connectivity index (χ1) is 8.87. The standard InChI is InChI=1S/C15H15NO3/c1-4-9-6-5-7-10(8-9)16-13(17)11-12(14(18)19)15(11,2)3/h1,5-8,11-12H,2-3H3,(H,16,17)(H,18,19). The molecule has 1 fully saturated rings. The number of nitrogens with one attached hydrogen (secondary N) is 1. The molecule has 0 aliphatic heterocycles. The molecule has 1 amide bonds. The highest BCUT2D eigenvalue weighted by atomic mass is 16.4. The van der Waals surface area contributed by atoms with Gasteiger partial charge in [0.05, 0.1) is 11.8 Å². The summed E-state index contributed by atoms with van der Waals surface area (Å²) >= 11 is 0. The lowest BCUT2D eigenvalue weighted by atomic mass is 10.1. The lowest BCUT2D eigenvalue weighted by molar-refractivity contribution is -0.140. The second-order valence-electron chi connectivity index (χ2n) is 5.33. The summed E-state index contributed by atoms with van der Waals surface area (Å²) in [5.41, 5.74) is 0.759. The van der Waals surface area contributed by atoms with E-state index in [0.29, 0.717) is 11.3 Å². The molecular weight excluding hydrogens is 242 g/mol. The Labute approximate surface area is 111 Å². The van der Waals surface area contributed by atoms with E-state index < -0.39 is 23.2 Å². The molecule has 0 spiro atoms. The Morgan fingerprint density at radius 2 is 2.05 bits per heavy atom. The van der Waals surface area contributed by atoms with Gasteiger partial charge in [0.25, 0.3) is 0 Å². The maximum atomic E-state index is 12.1. The van der Waals surface area contributed by atoms with Crippen LogP contribution in [0, 0.1) is 29.6 Å². The molecule has 2 unspecified atom stereocenters. The molecule has 1 aromatic carbocycles. The van der Waals surface area contributed by atoms with Gasteiger partial charge in [-0.25, -0.2) is 0 Å². The average Bonchev–Trinajstić information content (AvgIpc) is 2.93. The van der Waals surface area contributed by atoms with Crippen molar-refractivity contribution in [2.75, 3.05) is 5.32 Å². The minimum atomic E-state index is -0.928. The largest absolute Gasteiger partial charge is 0.481 e. The van der Waals surface area contributed by atoms with Crippen molar-refractivity contribution in [2.24, 2.45) is 17.3 Å². The van der Waals surface area contributed by atoms with Gasteiger partial charge in [-0.15, -0.1) is 6.42 Å². The SMILES string of the molecule is C#Cc1cccc(NC(=O)C2C(C(=O)O)C2(C)C)c1. The number of hydrogen-bond acceptors (Lipinski definition) is 2. The molecule has 19 heavy (non-hydrogen) atoms. The normalized spacial score (nSPS) is 23.2. The molecule has 1 aliphatic rings. The first-order valence-electron chi connectivity index (χ1n) is 5.98. The fourth-order valence-electron chi connectivity index (χ4n) is 2.49. The van der Waals surface area contributed by atoms with Crippen LogP contribution in [-0.4, -0.2) is 17.0 Å². The van der Waals surface area contributed by atoms with E-state index in [2.05, 4.69) is 11.2 Å². The molecule has 4 nitrogen and oxygen atoms in total. The summed E-state index contributed by atoms with van der Waals surface area (Å²) < 4.78 is 0. The minimum Gasteiger partial charge on any atom is -0.481 e. The van der Waals surface area contributed by atoms with Crippen LogP contribution in [-0.2, 0) is 9.59 Å². The van der Waals surface area contributed by atoms with Crippen LogP contribution in [0.1, 0.15) is 19.4 Å². The van der Waals surface area contributed by atoms with E-state index in [1.807, 2.05) is 0 Å². The topological polar surface area (TPSA) is 66.4 Å². The molecule has 4 heteroatoms. The molecule has 2 atom stereocenters. The predicted octanol–water partition coefficient (Wildman–Crippen LogP) is 1.96. The Morgan fingerprint density at radius 1 is 1.37 bits per heavy atom. The number of aliphatic carboxylic acids is 1. The van der Waals surface area contributed by atoms with Gasteiger partial charge in [0.1, 0.15) is 0 Å². The van der Waals surface area contributed by atoms with Gasteiger partial charge in [-0.1, -0.05) is 25.8 Å². The quantitative estimate of drug-likeness (QED) is 0.813. The maximum absolute atomic E-state index is 12.1. The van der Waals surface area contributed by atoms with Crippen molar-refractivity contribution in [1.29, 1.82) is 0 Å². The number of terminal acetylenes is 1. The van der Waals surface area contributed by atoms with Crippen LogP contribution in [0.2, 0.25) is 0 Å². The zero-order chi connectivity index (χ0) is 14.2. The van der Waals surface area contributed by atoms with Gasteiger partial charge >= 0.3 is 5.97 Å². The molecule has 1 aliphatic carbocycles. The van der Waals surface area contributed by atoms with Gasteiger partial charge in [-0.3, -0.25) is 9.59 Å². The van der Waals surface area contributed by atoms with Gasteiger partial charge in [0.2, 0.25) is 5.91 Å². The Bertz CT molecular complexity index is 583. The number of rotatable bonds is 3. The number of carbonyl (C=O) groups is 2. The molecule has 0 aromatic heterocycles. The van der Waals surface area contributed by atoms with E-state index >= 15 is 0 Å². The summed E-state index contributed by atoms with van der Waals surface area (Å²) in [5.74, 6) is 0.161. The monoisotopic (exact) mass is 257 g/mol. The predicted molar refractivity (Wildman–Crippen MR) is 71.4 cm³/mol. The molecule has 98 valence electrons. The Hall–Kier alpha value is -2.28. The summed E-state index contributed by atoms with van der Waals surface area (Å²) in [6.45, 7) is 3.57. The van der Waals surface area contributed by atoms with Crippen LogP contribution in [0.5, 0.6) is 0 Å². The summed E-state index contributed by atoms with van der Waals surface area (Å²) in [7, 11) is 0. The van der Waals surface area contributed by atoms with Crippen LogP contribution in [0.3, 0.4) is 0 Å². The zero-order valence-corrected chi connectivity index (χ0v) is 10.8. The van der Waals surface area contributed by atoms with Gasteiger partial charge in [-0.05, 0) is 23.6 Å². The molecule has 2 rings (SSSR count). The Balaban J connectivity index is 2.11. The third-order valence-electron chi connectivity index (χ3n) is 3.67. The van der Waals surface area contributed by atoms with Crippen molar-refractivity contribution in [3.8, 4) is 12.3 Å². The summed E-state index contributed by atoms with van der Waals surface area (Å²) in [6.07, 6.45) is 5.29. The number of benzene rings is 1. The second-order valence-corrected chi connectivity index (χ2v) is 5.33. The van der Waals surface area contributed by atoms with Crippen LogP contribution in [0.25, 0.3) is 0 Å². The molecule has 0 radical (unpaired) electrons.